The van der Waals surface area contributed by atoms with Crippen molar-refractivity contribution >= 4 is 0 Å². The zero-order valence-electron chi connectivity index (χ0n) is 13.8. The molecule has 0 radical (unpaired) electrons. The molecule has 0 aromatic rings. The molecule has 0 saturated heterocycles. The van der Waals surface area contributed by atoms with Gasteiger partial charge in [-0.25, -0.2) is 0 Å². The largest absolute Gasteiger partial charge is 0.381 e. The first-order valence-electron chi connectivity index (χ1n) is 8.55. The van der Waals surface area contributed by atoms with Crippen LogP contribution in [0.5, 0.6) is 0 Å². The van der Waals surface area contributed by atoms with Crippen molar-refractivity contribution in [2.75, 3.05) is 19.8 Å². The summed E-state index contributed by atoms with van der Waals surface area (Å²) in [6, 6.07) is 0.660. The molecule has 0 aliphatic heterocycles. The van der Waals surface area contributed by atoms with Crippen LogP contribution in [0.15, 0.2) is 0 Å². The van der Waals surface area contributed by atoms with Crippen molar-refractivity contribution in [3.8, 4) is 0 Å². The van der Waals surface area contributed by atoms with E-state index in [4.69, 9.17) is 4.74 Å². The van der Waals surface area contributed by atoms with E-state index in [1.54, 1.807) is 0 Å². The Hall–Kier alpha value is -0.0800. The molecule has 0 bridgehead atoms. The van der Waals surface area contributed by atoms with Crippen molar-refractivity contribution in [2.24, 2.45) is 5.92 Å². The van der Waals surface area contributed by atoms with Gasteiger partial charge in [0.2, 0.25) is 0 Å². The molecular weight excluding hydrogens is 234 g/mol. The molecule has 116 valence electrons. The summed E-state index contributed by atoms with van der Waals surface area (Å²) in [6.07, 6.45) is 10.2. The quantitative estimate of drug-likeness (QED) is 0.459. The zero-order valence-corrected chi connectivity index (χ0v) is 13.8. The lowest BCUT2D eigenvalue weighted by Gasteiger charge is -2.15. The summed E-state index contributed by atoms with van der Waals surface area (Å²) in [6.45, 7) is 12.1. The van der Waals surface area contributed by atoms with Crippen molar-refractivity contribution in [1.29, 1.82) is 0 Å². The number of rotatable bonds is 14. The number of hydrogen-bond donors (Lipinski definition) is 1. The van der Waals surface area contributed by atoms with E-state index >= 15 is 0 Å². The maximum atomic E-state index is 5.83. The van der Waals surface area contributed by atoms with E-state index in [1.165, 1.54) is 51.4 Å². The highest BCUT2D eigenvalue weighted by molar-refractivity contribution is 4.60. The van der Waals surface area contributed by atoms with E-state index in [-0.39, 0.29) is 0 Å². The lowest BCUT2D eigenvalue weighted by molar-refractivity contribution is 0.0905. The molecular formula is C17H37NO. The van der Waals surface area contributed by atoms with Crippen LogP contribution in [0.4, 0.5) is 0 Å². The Balaban J connectivity index is 3.33. The molecule has 0 saturated carbocycles. The van der Waals surface area contributed by atoms with Gasteiger partial charge in [0.1, 0.15) is 0 Å². The van der Waals surface area contributed by atoms with E-state index in [9.17, 15) is 0 Å². The van der Waals surface area contributed by atoms with Crippen LogP contribution in [0.1, 0.15) is 79.1 Å². The lowest BCUT2D eigenvalue weighted by atomic mass is 10.0. The van der Waals surface area contributed by atoms with Crippen LogP contribution in [0, 0.1) is 5.92 Å². The zero-order chi connectivity index (χ0) is 14.3. The lowest BCUT2D eigenvalue weighted by Crippen LogP contribution is -2.26. The molecule has 1 N–H and O–H groups in total. The van der Waals surface area contributed by atoms with E-state index in [0.717, 1.165) is 25.7 Å². The van der Waals surface area contributed by atoms with Gasteiger partial charge in [-0.3, -0.25) is 0 Å². The van der Waals surface area contributed by atoms with Gasteiger partial charge in [-0.05, 0) is 51.5 Å². The molecule has 2 atom stereocenters. The molecule has 0 aliphatic rings. The van der Waals surface area contributed by atoms with Gasteiger partial charge in [0.25, 0.3) is 0 Å². The Kier molecular flexibility index (Phi) is 14.3. The normalized spacial score (nSPS) is 14.5. The molecule has 2 nitrogen and oxygen atoms in total. The van der Waals surface area contributed by atoms with Crippen LogP contribution in [-0.2, 0) is 4.74 Å². The first-order chi connectivity index (χ1) is 9.24. The minimum absolute atomic E-state index is 0.660. The predicted molar refractivity (Wildman–Crippen MR) is 85.7 cm³/mol. The number of unbranched alkanes of at least 4 members (excludes halogenated alkanes) is 2. The Morgan fingerprint density at radius 2 is 1.74 bits per heavy atom. The summed E-state index contributed by atoms with van der Waals surface area (Å²) in [5, 5.41) is 3.53. The Labute approximate surface area is 121 Å². The van der Waals surface area contributed by atoms with Crippen molar-refractivity contribution in [3.63, 3.8) is 0 Å². The number of nitrogens with one attached hydrogen (secondary N) is 1. The number of ether oxygens (including phenoxy) is 1. The van der Waals surface area contributed by atoms with Gasteiger partial charge in [0.05, 0.1) is 0 Å². The summed E-state index contributed by atoms with van der Waals surface area (Å²) < 4.78 is 5.83. The molecule has 19 heavy (non-hydrogen) atoms. The maximum Gasteiger partial charge on any atom is 0.0494 e. The highest BCUT2D eigenvalue weighted by Crippen LogP contribution is 2.13. The fourth-order valence-electron chi connectivity index (χ4n) is 2.30. The third-order valence-corrected chi connectivity index (χ3v) is 3.82. The third kappa shape index (κ3) is 12.7. The van der Waals surface area contributed by atoms with Crippen LogP contribution in [-0.4, -0.2) is 25.8 Å². The van der Waals surface area contributed by atoms with Crippen LogP contribution in [0.2, 0.25) is 0 Å². The van der Waals surface area contributed by atoms with Crippen LogP contribution in [0.25, 0.3) is 0 Å². The molecule has 0 aromatic carbocycles. The van der Waals surface area contributed by atoms with Crippen molar-refractivity contribution in [3.05, 3.63) is 0 Å². The van der Waals surface area contributed by atoms with E-state index in [0.29, 0.717) is 6.04 Å². The molecule has 0 heterocycles. The molecule has 2 heteroatoms. The Bertz CT molecular complexity index is 173. The minimum Gasteiger partial charge on any atom is -0.381 e. The highest BCUT2D eigenvalue weighted by atomic mass is 16.5. The van der Waals surface area contributed by atoms with Gasteiger partial charge in [-0.15, -0.1) is 0 Å². The Morgan fingerprint density at radius 3 is 2.37 bits per heavy atom. The van der Waals surface area contributed by atoms with Crippen LogP contribution < -0.4 is 5.32 Å². The topological polar surface area (TPSA) is 21.3 Å². The van der Waals surface area contributed by atoms with Crippen molar-refractivity contribution in [1.82, 2.24) is 5.32 Å². The molecule has 2 unspecified atom stereocenters. The SMILES string of the molecule is CCCCC(CC)COCCCCC(C)NCCC. The summed E-state index contributed by atoms with van der Waals surface area (Å²) in [4.78, 5) is 0. The van der Waals surface area contributed by atoms with Crippen LogP contribution in [0.3, 0.4) is 0 Å². The van der Waals surface area contributed by atoms with Gasteiger partial charge < -0.3 is 10.1 Å². The average molecular weight is 271 g/mol. The summed E-state index contributed by atoms with van der Waals surface area (Å²) in [7, 11) is 0. The molecule has 0 rings (SSSR count). The van der Waals surface area contributed by atoms with E-state index in [2.05, 4.69) is 33.0 Å². The highest BCUT2D eigenvalue weighted by Gasteiger charge is 2.05. The first-order valence-corrected chi connectivity index (χ1v) is 8.55. The second-order valence-electron chi connectivity index (χ2n) is 5.84. The summed E-state index contributed by atoms with van der Waals surface area (Å²) in [5.74, 6) is 0.782. The third-order valence-electron chi connectivity index (χ3n) is 3.82. The van der Waals surface area contributed by atoms with Gasteiger partial charge in [0, 0.05) is 19.3 Å². The fraction of sp³-hybridized carbons (Fsp3) is 1.00. The van der Waals surface area contributed by atoms with Crippen molar-refractivity contribution in [2.45, 2.75) is 85.1 Å². The second kappa shape index (κ2) is 14.3. The minimum atomic E-state index is 0.660. The van der Waals surface area contributed by atoms with E-state index in [1.807, 2.05) is 0 Å². The van der Waals surface area contributed by atoms with Gasteiger partial charge in [-0.2, -0.15) is 0 Å². The van der Waals surface area contributed by atoms with Gasteiger partial charge in [-0.1, -0.05) is 40.0 Å². The molecule has 0 aromatic heterocycles. The van der Waals surface area contributed by atoms with Crippen LogP contribution >= 0.6 is 0 Å². The standard InChI is InChI=1S/C17H37NO/c1-5-8-12-17(7-3)15-19-14-10-9-11-16(4)18-13-6-2/h16-18H,5-15H2,1-4H3. The predicted octanol–water partition coefficient (Wildman–Crippen LogP) is 4.78. The molecule has 0 amide bonds. The van der Waals surface area contributed by atoms with Gasteiger partial charge in [0.15, 0.2) is 0 Å². The summed E-state index contributed by atoms with van der Waals surface area (Å²) in [5.41, 5.74) is 0. The Morgan fingerprint density at radius 1 is 0.947 bits per heavy atom. The molecule has 0 spiro atoms. The van der Waals surface area contributed by atoms with Gasteiger partial charge >= 0.3 is 0 Å². The average Bonchev–Trinajstić information content (AvgIpc) is 2.43. The van der Waals surface area contributed by atoms with E-state index < -0.39 is 0 Å². The maximum absolute atomic E-state index is 5.83. The first kappa shape index (κ1) is 18.9. The smallest absolute Gasteiger partial charge is 0.0494 e. The second-order valence-corrected chi connectivity index (χ2v) is 5.84. The molecule has 0 fully saturated rings. The monoisotopic (exact) mass is 271 g/mol. The van der Waals surface area contributed by atoms with Crippen molar-refractivity contribution < 1.29 is 4.74 Å². The number of hydrogen-bond acceptors (Lipinski definition) is 2. The fourth-order valence-corrected chi connectivity index (χ4v) is 2.30. The summed E-state index contributed by atoms with van der Waals surface area (Å²) >= 11 is 0. The molecule has 0 aliphatic carbocycles.